The fraction of sp³-hybridized carbons (Fsp3) is 0.304. The van der Waals surface area contributed by atoms with Crippen molar-refractivity contribution in [2.24, 2.45) is 0 Å². The molecule has 0 aliphatic heterocycles. The van der Waals surface area contributed by atoms with Gasteiger partial charge in [-0.1, -0.05) is 12.1 Å². The second-order valence-electron chi connectivity index (χ2n) is 7.47. The van der Waals surface area contributed by atoms with Crippen LogP contribution in [0.2, 0.25) is 0 Å². The zero-order valence-corrected chi connectivity index (χ0v) is 19.6. The number of aryl methyl sites for hydroxylation is 3. The largest absolute Gasteiger partial charge is 0.352 e. The second-order valence-corrected chi connectivity index (χ2v) is 10.1. The molecule has 0 aliphatic rings. The van der Waals surface area contributed by atoms with Crippen LogP contribution in [0.3, 0.4) is 0 Å². The summed E-state index contributed by atoms with van der Waals surface area (Å²) in [6.45, 7) is 6.35. The fourth-order valence-corrected chi connectivity index (χ4v) is 5.01. The summed E-state index contributed by atoms with van der Waals surface area (Å²) in [6.07, 6.45) is 2.72. The van der Waals surface area contributed by atoms with Gasteiger partial charge in [0, 0.05) is 23.2 Å². The summed E-state index contributed by atoms with van der Waals surface area (Å²) in [4.78, 5) is 16.9. The highest BCUT2D eigenvalue weighted by atomic mass is 32.2. The average molecular weight is 458 g/mol. The molecule has 3 aromatic rings. The third-order valence-electron chi connectivity index (χ3n) is 5.05. The molecule has 0 radical (unpaired) electrons. The molecule has 1 aromatic heterocycles. The van der Waals surface area contributed by atoms with Gasteiger partial charge in [-0.2, -0.15) is 0 Å². The molecule has 31 heavy (non-hydrogen) atoms. The summed E-state index contributed by atoms with van der Waals surface area (Å²) in [5.41, 5.74) is 3.92. The van der Waals surface area contributed by atoms with Gasteiger partial charge in [-0.15, -0.1) is 11.3 Å². The van der Waals surface area contributed by atoms with Crippen LogP contribution in [0.5, 0.6) is 0 Å². The van der Waals surface area contributed by atoms with Gasteiger partial charge in [-0.3, -0.25) is 9.52 Å². The number of hydrogen-bond donors (Lipinski definition) is 2. The number of aromatic nitrogens is 1. The smallest absolute Gasteiger partial charge is 0.261 e. The molecule has 2 N–H and O–H groups in total. The minimum absolute atomic E-state index is 0.115. The van der Waals surface area contributed by atoms with Crippen LogP contribution in [-0.4, -0.2) is 25.9 Å². The molecule has 0 aliphatic carbocycles. The third kappa shape index (κ3) is 6.15. The number of anilines is 1. The molecule has 0 spiro atoms. The van der Waals surface area contributed by atoms with Gasteiger partial charge in [0.15, 0.2) is 0 Å². The first kappa shape index (κ1) is 23.0. The lowest BCUT2D eigenvalue weighted by Gasteiger charge is -2.12. The van der Waals surface area contributed by atoms with Crippen molar-refractivity contribution in [3.05, 3.63) is 75.2 Å². The Hall–Kier alpha value is -2.71. The van der Waals surface area contributed by atoms with E-state index >= 15 is 0 Å². The molecule has 1 amide bonds. The summed E-state index contributed by atoms with van der Waals surface area (Å²) in [5, 5.41) is 6.04. The van der Waals surface area contributed by atoms with Crippen molar-refractivity contribution >= 4 is 33.0 Å². The first-order valence-electron chi connectivity index (χ1n) is 10.1. The van der Waals surface area contributed by atoms with Crippen LogP contribution in [0.4, 0.5) is 5.69 Å². The molecular formula is C23H27N3O3S2. The minimum atomic E-state index is -3.73. The van der Waals surface area contributed by atoms with Crippen LogP contribution in [0.1, 0.15) is 45.0 Å². The number of nitrogens with zero attached hydrogens (tertiary/aromatic N) is 1. The van der Waals surface area contributed by atoms with E-state index in [-0.39, 0.29) is 10.8 Å². The van der Waals surface area contributed by atoms with Gasteiger partial charge in [0.1, 0.15) is 0 Å². The maximum absolute atomic E-state index is 12.7. The standard InChI is InChI=1S/C23H27N3O3S2/c1-16-7-6-8-21(18(16)3)26-31(28,29)20-12-10-19(11-13-20)23(27)24-14-5-4-9-22-25-17(2)15-30-22/h6-8,10-13,15,26H,4-5,9,14H2,1-3H3,(H,24,27). The van der Waals surface area contributed by atoms with Crippen LogP contribution in [0, 0.1) is 20.8 Å². The number of benzene rings is 2. The number of hydrogen-bond acceptors (Lipinski definition) is 5. The van der Waals surface area contributed by atoms with Gasteiger partial charge in [0.2, 0.25) is 0 Å². The summed E-state index contributed by atoms with van der Waals surface area (Å²) in [6, 6.07) is 11.4. The van der Waals surface area contributed by atoms with Crippen LogP contribution in [-0.2, 0) is 16.4 Å². The van der Waals surface area contributed by atoms with Crippen molar-refractivity contribution in [3.8, 4) is 0 Å². The Balaban J connectivity index is 1.52. The van der Waals surface area contributed by atoms with E-state index in [4.69, 9.17) is 0 Å². The SMILES string of the molecule is Cc1csc(CCCCNC(=O)c2ccc(S(=O)(=O)Nc3cccc(C)c3C)cc2)n1. The molecule has 2 aromatic carbocycles. The van der Waals surface area contributed by atoms with Crippen molar-refractivity contribution in [2.45, 2.75) is 44.9 Å². The summed E-state index contributed by atoms with van der Waals surface area (Å²) in [5.74, 6) is -0.212. The monoisotopic (exact) mass is 457 g/mol. The number of amides is 1. The van der Waals surface area contributed by atoms with E-state index in [1.807, 2.05) is 38.3 Å². The molecule has 0 bridgehead atoms. The van der Waals surface area contributed by atoms with E-state index in [0.29, 0.717) is 17.8 Å². The zero-order chi connectivity index (χ0) is 22.4. The van der Waals surface area contributed by atoms with E-state index in [2.05, 4.69) is 15.0 Å². The molecule has 3 rings (SSSR count). The Morgan fingerprint density at radius 2 is 1.77 bits per heavy atom. The quantitative estimate of drug-likeness (QED) is 0.459. The first-order chi connectivity index (χ1) is 14.8. The number of carbonyl (C=O) groups is 1. The molecule has 0 unspecified atom stereocenters. The predicted molar refractivity (Wildman–Crippen MR) is 125 cm³/mol. The lowest BCUT2D eigenvalue weighted by atomic mass is 10.1. The van der Waals surface area contributed by atoms with E-state index in [1.54, 1.807) is 17.4 Å². The average Bonchev–Trinajstić information content (AvgIpc) is 3.16. The van der Waals surface area contributed by atoms with Gasteiger partial charge in [0.05, 0.1) is 15.6 Å². The van der Waals surface area contributed by atoms with E-state index in [9.17, 15) is 13.2 Å². The lowest BCUT2D eigenvalue weighted by Crippen LogP contribution is -2.24. The van der Waals surface area contributed by atoms with Gasteiger partial charge < -0.3 is 5.32 Å². The van der Waals surface area contributed by atoms with E-state index in [1.165, 1.54) is 24.3 Å². The van der Waals surface area contributed by atoms with Crippen molar-refractivity contribution < 1.29 is 13.2 Å². The Labute approximate surface area is 187 Å². The van der Waals surface area contributed by atoms with Crippen molar-refractivity contribution in [2.75, 3.05) is 11.3 Å². The molecule has 6 nitrogen and oxygen atoms in total. The lowest BCUT2D eigenvalue weighted by molar-refractivity contribution is 0.0953. The van der Waals surface area contributed by atoms with Crippen molar-refractivity contribution in [1.29, 1.82) is 0 Å². The number of nitrogens with one attached hydrogen (secondary N) is 2. The highest BCUT2D eigenvalue weighted by molar-refractivity contribution is 7.92. The number of thiazole rings is 1. The number of unbranched alkanes of at least 4 members (excludes halogenated alkanes) is 1. The number of sulfonamides is 1. The third-order valence-corrected chi connectivity index (χ3v) is 7.45. The first-order valence-corrected chi connectivity index (χ1v) is 12.5. The van der Waals surface area contributed by atoms with Crippen LogP contribution < -0.4 is 10.0 Å². The second kappa shape index (κ2) is 10.1. The Kier molecular flexibility index (Phi) is 7.46. The maximum Gasteiger partial charge on any atom is 0.261 e. The zero-order valence-electron chi connectivity index (χ0n) is 17.9. The van der Waals surface area contributed by atoms with Gasteiger partial charge >= 0.3 is 0 Å². The molecular weight excluding hydrogens is 430 g/mol. The molecule has 0 fully saturated rings. The summed E-state index contributed by atoms with van der Waals surface area (Å²) >= 11 is 1.66. The Morgan fingerprint density at radius 3 is 2.45 bits per heavy atom. The fourth-order valence-electron chi connectivity index (χ4n) is 3.07. The van der Waals surface area contributed by atoms with Gasteiger partial charge in [-0.25, -0.2) is 13.4 Å². The molecule has 0 atom stereocenters. The molecule has 0 saturated heterocycles. The van der Waals surface area contributed by atoms with Crippen LogP contribution in [0.15, 0.2) is 52.7 Å². The molecule has 164 valence electrons. The summed E-state index contributed by atoms with van der Waals surface area (Å²) < 4.78 is 28.0. The van der Waals surface area contributed by atoms with Gasteiger partial charge in [0.25, 0.3) is 15.9 Å². The Morgan fingerprint density at radius 1 is 1.03 bits per heavy atom. The molecule has 8 heteroatoms. The van der Waals surface area contributed by atoms with E-state index in [0.717, 1.165) is 41.1 Å². The van der Waals surface area contributed by atoms with Gasteiger partial charge in [-0.05, 0) is 81.5 Å². The number of rotatable bonds is 9. The highest BCUT2D eigenvalue weighted by Gasteiger charge is 2.16. The van der Waals surface area contributed by atoms with Crippen molar-refractivity contribution in [1.82, 2.24) is 10.3 Å². The highest BCUT2D eigenvalue weighted by Crippen LogP contribution is 2.22. The Bertz CT molecular complexity index is 1150. The minimum Gasteiger partial charge on any atom is -0.352 e. The van der Waals surface area contributed by atoms with E-state index < -0.39 is 10.0 Å². The maximum atomic E-state index is 12.7. The van der Waals surface area contributed by atoms with Crippen LogP contribution >= 0.6 is 11.3 Å². The normalized spacial score (nSPS) is 11.3. The summed E-state index contributed by atoms with van der Waals surface area (Å²) in [7, 11) is -3.73. The van der Waals surface area contributed by atoms with Crippen LogP contribution in [0.25, 0.3) is 0 Å². The predicted octanol–water partition coefficient (Wildman–Crippen LogP) is 4.62. The van der Waals surface area contributed by atoms with Crippen molar-refractivity contribution in [3.63, 3.8) is 0 Å². The number of carbonyl (C=O) groups excluding carboxylic acids is 1. The molecule has 1 heterocycles. The topological polar surface area (TPSA) is 88.2 Å². The molecule has 0 saturated carbocycles.